The second-order valence-electron chi connectivity index (χ2n) is 4.19. The molecule has 0 saturated heterocycles. The van der Waals surface area contributed by atoms with Gasteiger partial charge in [-0.05, 0) is 35.4 Å². The summed E-state index contributed by atoms with van der Waals surface area (Å²) >= 11 is 3.55. The highest BCUT2D eigenvalue weighted by atomic mass is 32.2. The summed E-state index contributed by atoms with van der Waals surface area (Å²) in [6, 6.07) is 13.2. The van der Waals surface area contributed by atoms with E-state index < -0.39 is 0 Å². The van der Waals surface area contributed by atoms with E-state index in [1.165, 1.54) is 15.3 Å². The molecule has 0 aliphatic carbocycles. The summed E-state index contributed by atoms with van der Waals surface area (Å²) in [5.41, 5.74) is 5.60. The van der Waals surface area contributed by atoms with Crippen LogP contribution >= 0.6 is 23.1 Å². The molecule has 1 aliphatic rings. The molecule has 0 radical (unpaired) electrons. The molecular formula is C14H14N2S2. The Morgan fingerprint density at radius 3 is 2.78 bits per heavy atom. The van der Waals surface area contributed by atoms with E-state index in [0.717, 1.165) is 12.1 Å². The van der Waals surface area contributed by atoms with Gasteiger partial charge in [0.15, 0.2) is 0 Å². The molecule has 1 aromatic carbocycles. The zero-order valence-electron chi connectivity index (χ0n) is 10.1. The van der Waals surface area contributed by atoms with Crippen molar-refractivity contribution in [3.05, 3.63) is 52.2 Å². The van der Waals surface area contributed by atoms with Crippen molar-refractivity contribution in [2.75, 3.05) is 6.26 Å². The zero-order valence-corrected chi connectivity index (χ0v) is 11.7. The molecule has 2 heterocycles. The van der Waals surface area contributed by atoms with E-state index >= 15 is 0 Å². The lowest BCUT2D eigenvalue weighted by molar-refractivity contribution is 0.630. The van der Waals surface area contributed by atoms with E-state index in [9.17, 15) is 0 Å². The van der Waals surface area contributed by atoms with E-state index in [0.29, 0.717) is 6.04 Å². The highest BCUT2D eigenvalue weighted by molar-refractivity contribution is 7.98. The number of nitrogens with zero attached hydrogens (tertiary/aromatic N) is 1. The lowest BCUT2D eigenvalue weighted by Gasteiger charge is -2.06. The maximum atomic E-state index is 4.47. The predicted octanol–water partition coefficient (Wildman–Crippen LogP) is 3.91. The number of hydrogen-bond donors (Lipinski definition) is 1. The minimum Gasteiger partial charge on any atom is -0.301 e. The van der Waals surface area contributed by atoms with Crippen molar-refractivity contribution in [3.63, 3.8) is 0 Å². The summed E-state index contributed by atoms with van der Waals surface area (Å²) in [7, 11) is 0. The van der Waals surface area contributed by atoms with Crippen LogP contribution in [0.3, 0.4) is 0 Å². The van der Waals surface area contributed by atoms with Gasteiger partial charge in [0, 0.05) is 16.2 Å². The fourth-order valence-corrected chi connectivity index (χ4v) is 3.24. The molecule has 92 valence electrons. The molecule has 0 saturated carbocycles. The quantitative estimate of drug-likeness (QED) is 0.858. The number of thioether (sulfide) groups is 1. The van der Waals surface area contributed by atoms with E-state index in [1.807, 2.05) is 0 Å². The van der Waals surface area contributed by atoms with Crippen LogP contribution in [0.25, 0.3) is 0 Å². The molecule has 1 aromatic heterocycles. The third kappa shape index (κ3) is 2.31. The highest BCUT2D eigenvalue weighted by Crippen LogP contribution is 2.28. The Bertz CT molecular complexity index is 544. The van der Waals surface area contributed by atoms with Crippen molar-refractivity contribution in [1.29, 1.82) is 0 Å². The highest BCUT2D eigenvalue weighted by Gasteiger charge is 2.21. The molecule has 0 amide bonds. The Kier molecular flexibility index (Phi) is 3.39. The average molecular weight is 274 g/mol. The molecule has 1 N–H and O–H groups in total. The largest absolute Gasteiger partial charge is 0.301 e. The van der Waals surface area contributed by atoms with Gasteiger partial charge in [-0.15, -0.1) is 23.1 Å². The van der Waals surface area contributed by atoms with Gasteiger partial charge < -0.3 is 5.43 Å². The smallest absolute Gasteiger partial charge is 0.0838 e. The topological polar surface area (TPSA) is 24.4 Å². The first kappa shape index (κ1) is 11.8. The molecule has 3 rings (SSSR count). The second-order valence-corrected chi connectivity index (χ2v) is 6.05. The number of hydrazone groups is 1. The fourth-order valence-electron chi connectivity index (χ4n) is 2.06. The van der Waals surface area contributed by atoms with E-state index in [4.69, 9.17) is 0 Å². The van der Waals surface area contributed by atoms with Gasteiger partial charge in [0.2, 0.25) is 0 Å². The number of thiophene rings is 1. The number of rotatable bonds is 3. The van der Waals surface area contributed by atoms with Crippen LogP contribution in [-0.2, 0) is 0 Å². The molecule has 18 heavy (non-hydrogen) atoms. The third-order valence-corrected chi connectivity index (χ3v) is 4.79. The lowest BCUT2D eigenvalue weighted by Crippen LogP contribution is -2.07. The Balaban J connectivity index is 1.74. The maximum Gasteiger partial charge on any atom is 0.0838 e. The van der Waals surface area contributed by atoms with E-state index in [-0.39, 0.29) is 0 Å². The summed E-state index contributed by atoms with van der Waals surface area (Å²) in [6.45, 7) is 0. The van der Waals surface area contributed by atoms with Crippen molar-refractivity contribution in [2.24, 2.45) is 5.10 Å². The Morgan fingerprint density at radius 1 is 1.28 bits per heavy atom. The van der Waals surface area contributed by atoms with Crippen LogP contribution in [0.4, 0.5) is 0 Å². The molecule has 2 nitrogen and oxygen atoms in total. The molecule has 0 fully saturated rings. The lowest BCUT2D eigenvalue weighted by atomic mass is 10.0. The molecular weight excluding hydrogens is 260 g/mol. The molecule has 1 atom stereocenters. The van der Waals surface area contributed by atoms with Gasteiger partial charge in [-0.25, -0.2) is 0 Å². The normalized spacial score (nSPS) is 18.5. The Hall–Kier alpha value is -1.26. The van der Waals surface area contributed by atoms with Crippen LogP contribution in [-0.4, -0.2) is 12.0 Å². The second kappa shape index (κ2) is 5.16. The van der Waals surface area contributed by atoms with E-state index in [2.05, 4.69) is 58.6 Å². The molecule has 0 bridgehead atoms. The van der Waals surface area contributed by atoms with Crippen LogP contribution < -0.4 is 5.43 Å². The van der Waals surface area contributed by atoms with Crippen molar-refractivity contribution in [1.82, 2.24) is 5.43 Å². The number of benzene rings is 1. The first-order valence-electron chi connectivity index (χ1n) is 5.87. The van der Waals surface area contributed by atoms with Crippen LogP contribution in [0.5, 0.6) is 0 Å². The average Bonchev–Trinajstić information content (AvgIpc) is 3.09. The van der Waals surface area contributed by atoms with Crippen molar-refractivity contribution >= 4 is 28.8 Å². The zero-order chi connectivity index (χ0) is 12.4. The summed E-state index contributed by atoms with van der Waals surface area (Å²) in [5, 5.41) is 6.58. The van der Waals surface area contributed by atoms with Crippen molar-refractivity contribution in [3.8, 4) is 0 Å². The van der Waals surface area contributed by atoms with Crippen LogP contribution in [0.2, 0.25) is 0 Å². The number of hydrogen-bond acceptors (Lipinski definition) is 4. The summed E-state index contributed by atoms with van der Waals surface area (Å²) < 4.78 is 0. The van der Waals surface area contributed by atoms with Crippen molar-refractivity contribution < 1.29 is 0 Å². The predicted molar refractivity (Wildman–Crippen MR) is 79.6 cm³/mol. The molecule has 1 unspecified atom stereocenters. The van der Waals surface area contributed by atoms with Gasteiger partial charge in [-0.3, -0.25) is 0 Å². The summed E-state index contributed by atoms with van der Waals surface area (Å²) in [5.74, 6) is 0. The van der Waals surface area contributed by atoms with E-state index in [1.54, 1.807) is 23.1 Å². The Labute approximate surface area is 115 Å². The van der Waals surface area contributed by atoms with Gasteiger partial charge in [-0.2, -0.15) is 5.10 Å². The fraction of sp³-hybridized carbons (Fsp3) is 0.214. The molecule has 0 spiro atoms. The minimum atomic E-state index is 0.347. The van der Waals surface area contributed by atoms with Crippen LogP contribution in [0.1, 0.15) is 22.9 Å². The molecule has 2 aromatic rings. The Morgan fingerprint density at radius 2 is 2.11 bits per heavy atom. The minimum absolute atomic E-state index is 0.347. The number of nitrogens with one attached hydrogen (secondary N) is 1. The monoisotopic (exact) mass is 274 g/mol. The first-order valence-corrected chi connectivity index (χ1v) is 7.97. The van der Waals surface area contributed by atoms with Gasteiger partial charge in [-0.1, -0.05) is 18.2 Å². The third-order valence-electron chi connectivity index (χ3n) is 3.06. The molecule has 1 aliphatic heterocycles. The SMILES string of the molecule is CSc1ccc(C2=NNC(c3cccs3)C2)cc1. The molecule has 4 heteroatoms. The van der Waals surface area contributed by atoms with Crippen LogP contribution in [0, 0.1) is 0 Å². The maximum absolute atomic E-state index is 4.47. The van der Waals surface area contributed by atoms with Gasteiger partial charge in [0.25, 0.3) is 0 Å². The van der Waals surface area contributed by atoms with Gasteiger partial charge in [0.05, 0.1) is 11.8 Å². The van der Waals surface area contributed by atoms with Crippen molar-refractivity contribution in [2.45, 2.75) is 17.4 Å². The van der Waals surface area contributed by atoms with Crippen LogP contribution in [0.15, 0.2) is 51.8 Å². The van der Waals surface area contributed by atoms with Gasteiger partial charge in [0.1, 0.15) is 0 Å². The summed E-state index contributed by atoms with van der Waals surface area (Å²) in [6.07, 6.45) is 3.07. The first-order chi connectivity index (χ1) is 8.86. The standard InChI is InChI=1S/C14H14N2S2/c1-17-11-6-4-10(5-7-11)12-9-13(16-15-12)14-3-2-8-18-14/h2-8,13,16H,9H2,1H3. The summed E-state index contributed by atoms with van der Waals surface area (Å²) in [4.78, 5) is 2.65. The van der Waals surface area contributed by atoms with Gasteiger partial charge >= 0.3 is 0 Å².